The second-order valence-electron chi connectivity index (χ2n) is 2.88. The summed E-state index contributed by atoms with van der Waals surface area (Å²) in [6.07, 6.45) is 3.02. The van der Waals surface area contributed by atoms with Crippen LogP contribution in [0.2, 0.25) is 0 Å². The lowest BCUT2D eigenvalue weighted by Crippen LogP contribution is -2.16. The van der Waals surface area contributed by atoms with Crippen molar-refractivity contribution in [1.82, 2.24) is 14.6 Å². The number of nitrogens with zero attached hydrogens (tertiary/aromatic N) is 3. The van der Waals surface area contributed by atoms with Gasteiger partial charge in [0.25, 0.3) is 5.56 Å². The van der Waals surface area contributed by atoms with Gasteiger partial charge in [-0.05, 0) is 6.92 Å². The molecule has 2 heterocycles. The molecule has 2 aromatic rings. The van der Waals surface area contributed by atoms with Crippen LogP contribution in [0.4, 0.5) is 0 Å². The third-order valence-electron chi connectivity index (χ3n) is 1.96. The molecule has 0 unspecified atom stereocenters. The monoisotopic (exact) mass is 191 g/mol. The lowest BCUT2D eigenvalue weighted by Gasteiger charge is -2.06. The number of hydrogen-bond acceptors (Lipinski definition) is 4. The molecule has 0 N–H and O–H groups in total. The Morgan fingerprint density at radius 3 is 3.00 bits per heavy atom. The minimum Gasteiger partial charge on any atom is -0.492 e. The van der Waals surface area contributed by atoms with Gasteiger partial charge in [0.05, 0.1) is 13.3 Å². The van der Waals surface area contributed by atoms with Gasteiger partial charge in [0.15, 0.2) is 11.4 Å². The molecule has 5 heteroatoms. The Balaban J connectivity index is 2.95. The summed E-state index contributed by atoms with van der Waals surface area (Å²) in [5.41, 5.74) is 1.08. The van der Waals surface area contributed by atoms with E-state index in [2.05, 4.69) is 10.1 Å². The van der Waals surface area contributed by atoms with Crippen molar-refractivity contribution in [2.45, 2.75) is 6.92 Å². The molecule has 0 saturated carbocycles. The maximum absolute atomic E-state index is 11.4. The fourth-order valence-corrected chi connectivity index (χ4v) is 1.30. The van der Waals surface area contributed by atoms with Gasteiger partial charge in [0, 0.05) is 17.8 Å². The first-order valence-electron chi connectivity index (χ1n) is 4.11. The Morgan fingerprint density at radius 2 is 2.29 bits per heavy atom. The van der Waals surface area contributed by atoms with Gasteiger partial charge < -0.3 is 4.74 Å². The first-order chi connectivity index (χ1) is 6.74. The highest BCUT2D eigenvalue weighted by atomic mass is 16.5. The maximum Gasteiger partial charge on any atom is 0.274 e. The van der Waals surface area contributed by atoms with Crippen LogP contribution in [0.3, 0.4) is 0 Å². The lowest BCUT2D eigenvalue weighted by molar-refractivity contribution is 0.411. The number of methoxy groups -OCH3 is 1. The molecule has 0 aliphatic heterocycles. The Kier molecular flexibility index (Phi) is 1.92. The topological polar surface area (TPSA) is 56.5 Å². The van der Waals surface area contributed by atoms with Crippen LogP contribution in [-0.2, 0) is 0 Å². The van der Waals surface area contributed by atoms with Crippen molar-refractivity contribution in [2.75, 3.05) is 7.11 Å². The van der Waals surface area contributed by atoms with Gasteiger partial charge in [-0.25, -0.2) is 4.98 Å². The normalized spacial score (nSPS) is 10.4. The third kappa shape index (κ3) is 1.14. The van der Waals surface area contributed by atoms with Crippen molar-refractivity contribution >= 4 is 5.65 Å². The number of rotatable bonds is 1. The summed E-state index contributed by atoms with van der Waals surface area (Å²) in [7, 11) is 1.54. The van der Waals surface area contributed by atoms with Crippen molar-refractivity contribution in [2.24, 2.45) is 0 Å². The van der Waals surface area contributed by atoms with Crippen LogP contribution in [0.25, 0.3) is 5.65 Å². The fraction of sp³-hybridized carbons (Fsp3) is 0.222. The molecule has 0 atom stereocenters. The zero-order chi connectivity index (χ0) is 10.1. The molecule has 0 amide bonds. The first kappa shape index (κ1) is 8.68. The second kappa shape index (κ2) is 3.10. The molecule has 0 fully saturated rings. The van der Waals surface area contributed by atoms with Crippen molar-refractivity contribution in [3.05, 3.63) is 34.4 Å². The molecule has 2 aromatic heterocycles. The van der Waals surface area contributed by atoms with E-state index in [-0.39, 0.29) is 5.56 Å². The largest absolute Gasteiger partial charge is 0.492 e. The molecular weight excluding hydrogens is 182 g/mol. The van der Waals surface area contributed by atoms with Crippen molar-refractivity contribution in [3.8, 4) is 5.75 Å². The van der Waals surface area contributed by atoms with Gasteiger partial charge >= 0.3 is 0 Å². The second-order valence-corrected chi connectivity index (χ2v) is 2.88. The average Bonchev–Trinajstić information content (AvgIpc) is 2.18. The van der Waals surface area contributed by atoms with Gasteiger partial charge in [0.1, 0.15) is 0 Å². The zero-order valence-electron chi connectivity index (χ0n) is 7.89. The van der Waals surface area contributed by atoms with Crippen LogP contribution in [0, 0.1) is 6.92 Å². The quantitative estimate of drug-likeness (QED) is 0.655. The van der Waals surface area contributed by atoms with Crippen LogP contribution in [-0.4, -0.2) is 21.7 Å². The first-order valence-corrected chi connectivity index (χ1v) is 4.11. The van der Waals surface area contributed by atoms with Crippen molar-refractivity contribution in [3.63, 3.8) is 0 Å². The van der Waals surface area contributed by atoms with Crippen molar-refractivity contribution in [1.29, 1.82) is 0 Å². The number of hydrogen-bond donors (Lipinski definition) is 0. The minimum absolute atomic E-state index is 0.215. The maximum atomic E-state index is 11.4. The Labute approximate surface area is 80.0 Å². The van der Waals surface area contributed by atoms with Crippen LogP contribution in [0.15, 0.2) is 23.3 Å². The number of aryl methyl sites for hydroxylation is 1. The average molecular weight is 191 g/mol. The van der Waals surface area contributed by atoms with E-state index in [1.165, 1.54) is 16.8 Å². The van der Waals surface area contributed by atoms with E-state index in [9.17, 15) is 4.79 Å². The molecule has 5 nitrogen and oxygen atoms in total. The van der Waals surface area contributed by atoms with Gasteiger partial charge in [-0.2, -0.15) is 9.61 Å². The summed E-state index contributed by atoms with van der Waals surface area (Å²) < 4.78 is 6.37. The van der Waals surface area contributed by atoms with Gasteiger partial charge in [-0.15, -0.1) is 0 Å². The van der Waals surface area contributed by atoms with Crippen LogP contribution in [0.1, 0.15) is 5.56 Å². The number of aromatic nitrogens is 3. The molecule has 0 aliphatic carbocycles. The Hall–Kier alpha value is -1.91. The molecule has 0 saturated heterocycles. The molecule has 14 heavy (non-hydrogen) atoms. The predicted octanol–water partition coefficient (Wildman–Crippen LogP) is 0.407. The molecule has 0 aliphatic rings. The molecule has 0 radical (unpaired) electrons. The summed E-state index contributed by atoms with van der Waals surface area (Å²) in [6, 6.07) is 1.36. The smallest absolute Gasteiger partial charge is 0.274 e. The molecular formula is C9H9N3O2. The molecule has 0 aromatic carbocycles. The van der Waals surface area contributed by atoms with Crippen LogP contribution < -0.4 is 10.3 Å². The summed E-state index contributed by atoms with van der Waals surface area (Å²) in [5.74, 6) is 0.581. The van der Waals surface area contributed by atoms with E-state index in [0.29, 0.717) is 11.4 Å². The van der Waals surface area contributed by atoms with Crippen molar-refractivity contribution < 1.29 is 4.74 Å². The predicted molar refractivity (Wildman–Crippen MR) is 50.5 cm³/mol. The summed E-state index contributed by atoms with van der Waals surface area (Å²) in [4.78, 5) is 15.4. The third-order valence-corrected chi connectivity index (χ3v) is 1.96. The lowest BCUT2D eigenvalue weighted by atomic mass is 10.3. The summed E-state index contributed by atoms with van der Waals surface area (Å²) in [5, 5.41) is 3.95. The Morgan fingerprint density at radius 1 is 1.50 bits per heavy atom. The molecule has 2 rings (SSSR count). The van der Waals surface area contributed by atoms with Crippen LogP contribution in [0.5, 0.6) is 5.75 Å². The van der Waals surface area contributed by atoms with E-state index in [0.717, 1.165) is 5.56 Å². The van der Waals surface area contributed by atoms with Gasteiger partial charge in [0.2, 0.25) is 0 Å². The molecule has 0 spiro atoms. The highest BCUT2D eigenvalue weighted by Crippen LogP contribution is 2.19. The molecule has 0 bridgehead atoms. The Bertz CT molecular complexity index is 533. The van der Waals surface area contributed by atoms with E-state index in [1.54, 1.807) is 13.3 Å². The molecule has 72 valence electrons. The fourth-order valence-electron chi connectivity index (χ4n) is 1.30. The number of ether oxygens (including phenoxy) is 1. The SMILES string of the molecule is COc1c(C)cnn2c(=O)ccnc12. The van der Waals surface area contributed by atoms with E-state index in [1.807, 2.05) is 6.92 Å². The standard InChI is InChI=1S/C9H9N3O2/c1-6-5-11-12-7(13)3-4-10-9(12)8(6)14-2/h3-5H,1-2H3. The minimum atomic E-state index is -0.215. The van der Waals surface area contributed by atoms with E-state index in [4.69, 9.17) is 4.74 Å². The van der Waals surface area contributed by atoms with Crippen LogP contribution >= 0.6 is 0 Å². The summed E-state index contributed by atoms with van der Waals surface area (Å²) in [6.45, 7) is 1.85. The number of fused-ring (bicyclic) bond motifs is 1. The van der Waals surface area contributed by atoms with E-state index < -0.39 is 0 Å². The van der Waals surface area contributed by atoms with Gasteiger partial charge in [-0.3, -0.25) is 4.79 Å². The van der Waals surface area contributed by atoms with Gasteiger partial charge in [-0.1, -0.05) is 0 Å². The highest BCUT2D eigenvalue weighted by molar-refractivity contribution is 5.55. The van der Waals surface area contributed by atoms with E-state index >= 15 is 0 Å². The zero-order valence-corrected chi connectivity index (χ0v) is 7.89. The highest BCUT2D eigenvalue weighted by Gasteiger charge is 2.07. The summed E-state index contributed by atoms with van der Waals surface area (Å²) >= 11 is 0.